The molecule has 0 atom stereocenters. The smallest absolute Gasteiger partial charge is 0.243 e. The Morgan fingerprint density at radius 1 is 1.12 bits per heavy atom. The van der Waals surface area contributed by atoms with E-state index in [-0.39, 0.29) is 12.3 Å². The first-order valence-electron chi connectivity index (χ1n) is 8.90. The molecule has 0 saturated carbocycles. The summed E-state index contributed by atoms with van der Waals surface area (Å²) in [7, 11) is 0.598. The highest BCUT2D eigenvalue weighted by Gasteiger charge is 2.25. The molecule has 140 valence electrons. The number of amides is 1. The van der Waals surface area contributed by atoms with Crippen LogP contribution in [0.25, 0.3) is 0 Å². The van der Waals surface area contributed by atoms with Gasteiger partial charge in [0.25, 0.3) is 0 Å². The summed E-state index contributed by atoms with van der Waals surface area (Å²) < 4.78 is 26.7. The molecule has 6 nitrogen and oxygen atoms in total. The first-order valence-corrected chi connectivity index (χ1v) is 10.3. The highest BCUT2D eigenvalue weighted by atomic mass is 32.2. The Morgan fingerprint density at radius 3 is 2.36 bits per heavy atom. The number of nitrogens with zero attached hydrogens (tertiary/aromatic N) is 2. The largest absolute Gasteiger partial charge is 0.356 e. The molecule has 0 spiro atoms. The van der Waals surface area contributed by atoms with Crippen LogP contribution in [0.1, 0.15) is 31.2 Å². The minimum Gasteiger partial charge on any atom is -0.356 e. The molecule has 0 unspecified atom stereocenters. The molecule has 1 aromatic carbocycles. The number of carbonyl (C=O) groups excluding carboxylic acids is 1. The van der Waals surface area contributed by atoms with E-state index in [2.05, 4.69) is 10.2 Å². The van der Waals surface area contributed by atoms with Gasteiger partial charge in [0.2, 0.25) is 15.9 Å². The molecular formula is C18H29N3O3S. The van der Waals surface area contributed by atoms with E-state index in [1.165, 1.54) is 0 Å². The maximum absolute atomic E-state index is 12.6. The van der Waals surface area contributed by atoms with Crippen molar-refractivity contribution in [2.45, 2.75) is 37.0 Å². The molecule has 2 rings (SSSR count). The van der Waals surface area contributed by atoms with Crippen LogP contribution in [0.2, 0.25) is 0 Å². The van der Waals surface area contributed by atoms with Gasteiger partial charge in [-0.15, -0.1) is 0 Å². The number of benzene rings is 1. The van der Waals surface area contributed by atoms with E-state index in [1.54, 1.807) is 28.6 Å². The van der Waals surface area contributed by atoms with Gasteiger partial charge < -0.3 is 10.2 Å². The Kier molecular flexibility index (Phi) is 7.40. The van der Waals surface area contributed by atoms with Gasteiger partial charge in [0.1, 0.15) is 0 Å². The van der Waals surface area contributed by atoms with Crippen LogP contribution in [0, 0.1) is 0 Å². The highest BCUT2D eigenvalue weighted by molar-refractivity contribution is 7.89. The Morgan fingerprint density at radius 2 is 1.76 bits per heavy atom. The van der Waals surface area contributed by atoms with Crippen molar-refractivity contribution in [3.8, 4) is 0 Å². The van der Waals surface area contributed by atoms with Crippen molar-refractivity contribution >= 4 is 15.9 Å². The van der Waals surface area contributed by atoms with Crippen molar-refractivity contribution in [1.29, 1.82) is 0 Å². The van der Waals surface area contributed by atoms with Crippen LogP contribution >= 0.6 is 0 Å². The molecule has 0 aromatic heterocycles. The Bertz CT molecular complexity index is 651. The highest BCUT2D eigenvalue weighted by Crippen LogP contribution is 2.20. The summed E-state index contributed by atoms with van der Waals surface area (Å²) in [6.07, 6.45) is 4.11. The normalized spacial score (nSPS) is 16.1. The number of nitrogens with one attached hydrogen (secondary N) is 1. The predicted molar refractivity (Wildman–Crippen MR) is 98.9 cm³/mol. The van der Waals surface area contributed by atoms with E-state index in [0.29, 0.717) is 24.5 Å². The zero-order valence-corrected chi connectivity index (χ0v) is 16.0. The minimum atomic E-state index is -3.40. The standard InChI is InChI=1S/C18H29N3O3S/c1-20(2)12-6-11-19-18(22)15-16-7-9-17(10-8-16)25(23,24)21-13-4-3-5-14-21/h7-10H,3-6,11-15H2,1-2H3,(H,19,22). The lowest BCUT2D eigenvalue weighted by Gasteiger charge is -2.25. The lowest BCUT2D eigenvalue weighted by Crippen LogP contribution is -2.35. The first-order chi connectivity index (χ1) is 11.9. The van der Waals surface area contributed by atoms with E-state index >= 15 is 0 Å². The molecule has 25 heavy (non-hydrogen) atoms. The molecule has 1 N–H and O–H groups in total. The van der Waals surface area contributed by atoms with E-state index in [0.717, 1.165) is 37.8 Å². The monoisotopic (exact) mass is 367 g/mol. The molecule has 0 radical (unpaired) electrons. The molecular weight excluding hydrogens is 338 g/mol. The molecule has 1 aliphatic rings. The van der Waals surface area contributed by atoms with Crippen LogP contribution in [0.5, 0.6) is 0 Å². The van der Waals surface area contributed by atoms with Gasteiger partial charge in [0.05, 0.1) is 11.3 Å². The fourth-order valence-electron chi connectivity index (χ4n) is 2.90. The number of sulfonamides is 1. The summed E-state index contributed by atoms with van der Waals surface area (Å²) in [5.41, 5.74) is 0.822. The zero-order chi connectivity index (χ0) is 18.3. The van der Waals surface area contributed by atoms with Gasteiger partial charge in [-0.2, -0.15) is 4.31 Å². The molecule has 1 saturated heterocycles. The van der Waals surface area contributed by atoms with Gasteiger partial charge in [0.15, 0.2) is 0 Å². The third-order valence-electron chi connectivity index (χ3n) is 4.35. The van der Waals surface area contributed by atoms with Crippen molar-refractivity contribution < 1.29 is 13.2 Å². The fraction of sp³-hybridized carbons (Fsp3) is 0.611. The van der Waals surface area contributed by atoms with Crippen LogP contribution in [-0.2, 0) is 21.2 Å². The van der Waals surface area contributed by atoms with E-state index in [9.17, 15) is 13.2 Å². The van der Waals surface area contributed by atoms with Crippen LogP contribution in [-0.4, -0.2) is 63.8 Å². The van der Waals surface area contributed by atoms with Crippen LogP contribution < -0.4 is 5.32 Å². The van der Waals surface area contributed by atoms with Crippen LogP contribution in [0.15, 0.2) is 29.2 Å². The molecule has 1 aromatic rings. The lowest BCUT2D eigenvalue weighted by molar-refractivity contribution is -0.120. The summed E-state index contributed by atoms with van der Waals surface area (Å²) in [4.78, 5) is 14.3. The maximum atomic E-state index is 12.6. The molecule has 0 bridgehead atoms. The van der Waals surface area contributed by atoms with Gasteiger partial charge >= 0.3 is 0 Å². The van der Waals surface area contributed by atoms with Crippen molar-refractivity contribution in [3.63, 3.8) is 0 Å². The van der Waals surface area contributed by atoms with Crippen LogP contribution in [0.3, 0.4) is 0 Å². The van der Waals surface area contributed by atoms with Crippen molar-refractivity contribution in [3.05, 3.63) is 29.8 Å². The number of carbonyl (C=O) groups is 1. The zero-order valence-electron chi connectivity index (χ0n) is 15.2. The van der Waals surface area contributed by atoms with Crippen molar-refractivity contribution in [1.82, 2.24) is 14.5 Å². The molecule has 1 amide bonds. The molecule has 1 aliphatic heterocycles. The quantitative estimate of drug-likeness (QED) is 0.707. The molecule has 1 heterocycles. The average Bonchev–Trinajstić information content (AvgIpc) is 2.60. The predicted octanol–water partition coefficient (Wildman–Crippen LogP) is 1.47. The van der Waals surface area contributed by atoms with Crippen LogP contribution in [0.4, 0.5) is 0 Å². The lowest BCUT2D eigenvalue weighted by atomic mass is 10.1. The molecule has 7 heteroatoms. The summed E-state index contributed by atoms with van der Waals surface area (Å²) in [6.45, 7) is 2.78. The summed E-state index contributed by atoms with van der Waals surface area (Å²) in [6, 6.07) is 6.68. The second kappa shape index (κ2) is 9.31. The van der Waals surface area contributed by atoms with Gasteiger partial charge in [-0.25, -0.2) is 8.42 Å². The van der Waals surface area contributed by atoms with E-state index < -0.39 is 10.0 Å². The molecule has 1 fully saturated rings. The summed E-state index contributed by atoms with van der Waals surface area (Å²) in [5, 5.41) is 2.89. The van der Waals surface area contributed by atoms with Gasteiger partial charge in [-0.1, -0.05) is 18.6 Å². The SMILES string of the molecule is CN(C)CCCNC(=O)Cc1ccc(S(=O)(=O)N2CCCCC2)cc1. The Balaban J connectivity index is 1.87. The number of piperidine rings is 1. The molecule has 0 aliphatic carbocycles. The van der Waals surface area contributed by atoms with Gasteiger partial charge in [-0.3, -0.25) is 4.79 Å². The third kappa shape index (κ3) is 6.09. The maximum Gasteiger partial charge on any atom is 0.243 e. The van der Waals surface area contributed by atoms with E-state index in [1.807, 2.05) is 14.1 Å². The second-order valence-corrected chi connectivity index (χ2v) is 8.73. The Labute approximate surface area is 151 Å². The average molecular weight is 368 g/mol. The number of hydrogen-bond donors (Lipinski definition) is 1. The Hall–Kier alpha value is -1.44. The number of rotatable bonds is 8. The van der Waals surface area contributed by atoms with Crippen molar-refractivity contribution in [2.75, 3.05) is 40.3 Å². The van der Waals surface area contributed by atoms with E-state index in [4.69, 9.17) is 0 Å². The summed E-state index contributed by atoms with van der Waals surface area (Å²) in [5.74, 6) is -0.0367. The summed E-state index contributed by atoms with van der Waals surface area (Å²) >= 11 is 0. The third-order valence-corrected chi connectivity index (χ3v) is 6.26. The van der Waals surface area contributed by atoms with Crippen molar-refractivity contribution in [2.24, 2.45) is 0 Å². The first kappa shape index (κ1) is 19.9. The minimum absolute atomic E-state index is 0.0367. The number of hydrogen-bond acceptors (Lipinski definition) is 4. The fourth-order valence-corrected chi connectivity index (χ4v) is 4.42. The second-order valence-electron chi connectivity index (χ2n) is 6.79. The van der Waals surface area contributed by atoms with Gasteiger partial charge in [-0.05, 0) is 57.6 Å². The van der Waals surface area contributed by atoms with Gasteiger partial charge in [0, 0.05) is 19.6 Å². The topological polar surface area (TPSA) is 69.7 Å².